The number of hydrogen-bond donors (Lipinski definition) is 1. The van der Waals surface area contributed by atoms with Gasteiger partial charge in [0.15, 0.2) is 9.84 Å². The third-order valence-corrected chi connectivity index (χ3v) is 6.49. The van der Waals surface area contributed by atoms with E-state index < -0.39 is 31.6 Å². The van der Waals surface area contributed by atoms with Gasteiger partial charge in [0.1, 0.15) is 23.2 Å². The molecule has 0 saturated carbocycles. The van der Waals surface area contributed by atoms with E-state index in [0.29, 0.717) is 18.1 Å². The first kappa shape index (κ1) is 17.0. The Morgan fingerprint density at radius 2 is 2.08 bits per heavy atom. The van der Waals surface area contributed by atoms with Crippen molar-refractivity contribution in [3.8, 4) is 5.69 Å². The quantitative estimate of drug-likeness (QED) is 0.822. The number of rotatable bonds is 3. The maximum Gasteiger partial charge on any atom is 0.238 e. The third kappa shape index (κ3) is 3.19. The smallest absolute Gasteiger partial charge is 0.229 e. The van der Waals surface area contributed by atoms with E-state index in [1.54, 1.807) is 6.92 Å². The first-order chi connectivity index (χ1) is 11.1. The number of sulfonamides is 1. The number of hydrogen-bond acceptors (Lipinski definition) is 6. The fourth-order valence-corrected chi connectivity index (χ4v) is 4.98. The van der Waals surface area contributed by atoms with Gasteiger partial charge in [-0.1, -0.05) is 0 Å². The first-order valence-electron chi connectivity index (χ1n) is 7.03. The molecule has 1 saturated heterocycles. The fourth-order valence-electron chi connectivity index (χ4n) is 2.70. The average molecular weight is 374 g/mol. The third-order valence-electron chi connectivity index (χ3n) is 3.81. The molecule has 1 fully saturated rings. The predicted octanol–water partition coefficient (Wildman–Crippen LogP) is 0.264. The predicted molar refractivity (Wildman–Crippen MR) is 83.4 cm³/mol. The normalized spacial score (nSPS) is 20.4. The Hall–Kier alpha value is -1.85. The molecule has 11 heteroatoms. The molecule has 0 radical (unpaired) electrons. The minimum absolute atomic E-state index is 0.0310. The van der Waals surface area contributed by atoms with E-state index in [-0.39, 0.29) is 22.1 Å². The Morgan fingerprint density at radius 3 is 2.67 bits per heavy atom. The van der Waals surface area contributed by atoms with Gasteiger partial charge in [-0.2, -0.15) is 5.10 Å². The van der Waals surface area contributed by atoms with Crippen LogP contribution < -0.4 is 5.14 Å². The van der Waals surface area contributed by atoms with Crippen LogP contribution in [0.5, 0.6) is 0 Å². The highest BCUT2D eigenvalue weighted by atomic mass is 32.2. The monoisotopic (exact) mass is 374 g/mol. The Kier molecular flexibility index (Phi) is 3.97. The molecule has 0 aliphatic carbocycles. The molecule has 1 aromatic heterocycles. The molecule has 0 amide bonds. The highest BCUT2D eigenvalue weighted by Crippen LogP contribution is 2.30. The van der Waals surface area contributed by atoms with E-state index in [9.17, 15) is 21.2 Å². The number of aromatic nitrogens is 3. The van der Waals surface area contributed by atoms with Crippen LogP contribution >= 0.6 is 0 Å². The maximum atomic E-state index is 14.2. The Balaban J connectivity index is 2.15. The number of benzene rings is 1. The fraction of sp³-hybridized carbons (Fsp3) is 0.385. The molecule has 1 aliphatic rings. The van der Waals surface area contributed by atoms with E-state index in [2.05, 4.69) is 10.1 Å². The van der Waals surface area contributed by atoms with Gasteiger partial charge in [-0.3, -0.25) is 0 Å². The summed E-state index contributed by atoms with van der Waals surface area (Å²) in [7, 11) is -7.18. The van der Waals surface area contributed by atoms with Gasteiger partial charge in [-0.25, -0.2) is 36.0 Å². The van der Waals surface area contributed by atoms with Crippen molar-refractivity contribution >= 4 is 19.9 Å². The lowest BCUT2D eigenvalue weighted by Crippen LogP contribution is -2.15. The van der Waals surface area contributed by atoms with Crippen molar-refractivity contribution in [2.45, 2.75) is 24.2 Å². The maximum absolute atomic E-state index is 14.2. The van der Waals surface area contributed by atoms with Crippen LogP contribution in [0.2, 0.25) is 0 Å². The summed E-state index contributed by atoms with van der Waals surface area (Å²) in [6, 6.07) is 3.09. The summed E-state index contributed by atoms with van der Waals surface area (Å²) in [6.45, 7) is 1.59. The van der Waals surface area contributed by atoms with E-state index >= 15 is 0 Å². The average Bonchev–Trinajstić information content (AvgIpc) is 3.00. The molecule has 8 nitrogen and oxygen atoms in total. The zero-order valence-corrected chi connectivity index (χ0v) is 14.3. The summed E-state index contributed by atoms with van der Waals surface area (Å²) in [6.07, 6.45) is 0.358. The Labute approximate surface area is 138 Å². The van der Waals surface area contributed by atoms with Gasteiger partial charge >= 0.3 is 0 Å². The molecule has 2 heterocycles. The zero-order chi connectivity index (χ0) is 17.7. The molecule has 1 unspecified atom stereocenters. The van der Waals surface area contributed by atoms with Gasteiger partial charge < -0.3 is 0 Å². The van der Waals surface area contributed by atoms with Crippen LogP contribution in [0.25, 0.3) is 5.69 Å². The van der Waals surface area contributed by atoms with Crippen molar-refractivity contribution in [1.82, 2.24) is 14.8 Å². The first-order valence-corrected chi connectivity index (χ1v) is 10.4. The molecule has 24 heavy (non-hydrogen) atoms. The lowest BCUT2D eigenvalue weighted by atomic mass is 10.1. The van der Waals surface area contributed by atoms with Gasteiger partial charge in [-0.05, 0) is 31.5 Å². The summed E-state index contributed by atoms with van der Waals surface area (Å²) in [4.78, 5) is 3.94. The van der Waals surface area contributed by atoms with Crippen molar-refractivity contribution in [2.24, 2.45) is 5.14 Å². The molecule has 0 bridgehead atoms. The van der Waals surface area contributed by atoms with Gasteiger partial charge in [0, 0.05) is 5.92 Å². The van der Waals surface area contributed by atoms with Crippen LogP contribution in [0, 0.1) is 12.7 Å². The van der Waals surface area contributed by atoms with Crippen molar-refractivity contribution in [2.75, 3.05) is 11.5 Å². The largest absolute Gasteiger partial charge is 0.238 e. The summed E-state index contributed by atoms with van der Waals surface area (Å²) < 4.78 is 61.8. The second-order valence-corrected chi connectivity index (χ2v) is 9.48. The van der Waals surface area contributed by atoms with Crippen LogP contribution in [0.4, 0.5) is 4.39 Å². The van der Waals surface area contributed by atoms with Gasteiger partial charge in [-0.15, -0.1) is 0 Å². The van der Waals surface area contributed by atoms with Gasteiger partial charge in [0.25, 0.3) is 0 Å². The van der Waals surface area contributed by atoms with Crippen LogP contribution in [0.1, 0.15) is 24.0 Å². The van der Waals surface area contributed by atoms with Crippen LogP contribution in [-0.2, 0) is 19.9 Å². The highest BCUT2D eigenvalue weighted by molar-refractivity contribution is 7.91. The number of sulfone groups is 1. The van der Waals surface area contributed by atoms with Crippen LogP contribution in [0.15, 0.2) is 23.1 Å². The lowest BCUT2D eigenvalue weighted by Gasteiger charge is -2.11. The Bertz CT molecular complexity index is 1010. The summed E-state index contributed by atoms with van der Waals surface area (Å²) in [5, 5.41) is 9.17. The number of nitrogens with two attached hydrogens (primary N) is 1. The molecule has 130 valence electrons. The topological polar surface area (TPSA) is 125 Å². The summed E-state index contributed by atoms with van der Waals surface area (Å²) >= 11 is 0. The number of aryl methyl sites for hydroxylation is 1. The van der Waals surface area contributed by atoms with Crippen molar-refractivity contribution in [3.05, 3.63) is 35.7 Å². The standard InChI is InChI=1S/C13H15FN4O4S2/c1-8-16-13(9-4-5-23(19,20)7-9)18(17-8)12-6-10(24(15,21)22)2-3-11(12)14/h2-3,6,9H,4-5,7H2,1H3,(H2,15,21,22). The molecule has 1 aliphatic heterocycles. The van der Waals surface area contributed by atoms with Crippen molar-refractivity contribution in [3.63, 3.8) is 0 Å². The highest BCUT2D eigenvalue weighted by Gasteiger charge is 2.33. The minimum atomic E-state index is -4.02. The van der Waals surface area contributed by atoms with Gasteiger partial charge in [0.2, 0.25) is 10.0 Å². The minimum Gasteiger partial charge on any atom is -0.229 e. The van der Waals surface area contributed by atoms with Crippen LogP contribution in [-0.4, -0.2) is 43.1 Å². The summed E-state index contributed by atoms with van der Waals surface area (Å²) in [5.41, 5.74) is -0.138. The second kappa shape index (κ2) is 5.60. The van der Waals surface area contributed by atoms with E-state index in [1.807, 2.05) is 0 Å². The Morgan fingerprint density at radius 1 is 1.38 bits per heavy atom. The molecular formula is C13H15FN4O4S2. The summed E-state index contributed by atoms with van der Waals surface area (Å²) in [5.74, 6) is -0.581. The van der Waals surface area contributed by atoms with Crippen molar-refractivity contribution < 1.29 is 21.2 Å². The molecule has 2 aromatic rings. The molecule has 1 aromatic carbocycles. The van der Waals surface area contributed by atoms with E-state index in [0.717, 1.165) is 22.9 Å². The molecule has 1 atom stereocenters. The van der Waals surface area contributed by atoms with Gasteiger partial charge in [0.05, 0.1) is 16.4 Å². The molecular weight excluding hydrogens is 359 g/mol. The van der Waals surface area contributed by atoms with Crippen LogP contribution in [0.3, 0.4) is 0 Å². The van der Waals surface area contributed by atoms with E-state index in [4.69, 9.17) is 5.14 Å². The SMILES string of the molecule is Cc1nc(C2CCS(=O)(=O)C2)n(-c2cc(S(N)(=O)=O)ccc2F)n1. The number of nitrogens with zero attached hydrogens (tertiary/aromatic N) is 3. The zero-order valence-electron chi connectivity index (χ0n) is 12.7. The molecule has 2 N–H and O–H groups in total. The number of primary sulfonamides is 1. The molecule has 0 spiro atoms. The number of halogens is 1. The second-order valence-electron chi connectivity index (χ2n) is 5.69. The lowest BCUT2D eigenvalue weighted by molar-refractivity contribution is 0.587. The van der Waals surface area contributed by atoms with Crippen molar-refractivity contribution in [1.29, 1.82) is 0 Å². The molecule has 3 rings (SSSR count). The van der Waals surface area contributed by atoms with E-state index in [1.165, 1.54) is 0 Å².